The standard InChI is InChI=1S/C12H14FN3O5S/c1-19-9-6(12-15-8(5-14)21-16-12)4-7(13)11(10(9)20-2)22(3,17)18/h4H,5,14H2,1-3H3. The molecule has 1 heterocycles. The molecule has 1 aromatic heterocycles. The second-order valence-corrected chi connectivity index (χ2v) is 6.24. The first-order valence-corrected chi connectivity index (χ1v) is 7.90. The average Bonchev–Trinajstić information content (AvgIpc) is 2.93. The zero-order valence-corrected chi connectivity index (χ0v) is 12.9. The molecule has 0 amide bonds. The van der Waals surface area contributed by atoms with Crippen molar-refractivity contribution in [2.24, 2.45) is 5.73 Å². The van der Waals surface area contributed by atoms with E-state index in [0.29, 0.717) is 0 Å². The van der Waals surface area contributed by atoms with E-state index in [4.69, 9.17) is 19.7 Å². The number of methoxy groups -OCH3 is 2. The largest absolute Gasteiger partial charge is 0.492 e. The molecule has 2 aromatic rings. The van der Waals surface area contributed by atoms with Gasteiger partial charge in [-0.25, -0.2) is 12.8 Å². The molecule has 0 atom stereocenters. The number of hydrogen-bond acceptors (Lipinski definition) is 8. The molecule has 0 saturated carbocycles. The summed E-state index contributed by atoms with van der Waals surface area (Å²) in [6.45, 7) is 0.0103. The molecule has 0 fully saturated rings. The normalized spacial score (nSPS) is 11.5. The van der Waals surface area contributed by atoms with E-state index in [1.54, 1.807) is 0 Å². The van der Waals surface area contributed by atoms with Gasteiger partial charge in [-0.3, -0.25) is 0 Å². The Morgan fingerprint density at radius 2 is 1.95 bits per heavy atom. The summed E-state index contributed by atoms with van der Waals surface area (Å²) in [7, 11) is -1.38. The van der Waals surface area contributed by atoms with Crippen molar-refractivity contribution in [3.63, 3.8) is 0 Å². The lowest BCUT2D eigenvalue weighted by molar-refractivity contribution is 0.342. The van der Waals surface area contributed by atoms with E-state index in [9.17, 15) is 12.8 Å². The van der Waals surface area contributed by atoms with Crippen LogP contribution in [0.4, 0.5) is 4.39 Å². The van der Waals surface area contributed by atoms with E-state index in [0.717, 1.165) is 12.3 Å². The first-order valence-electron chi connectivity index (χ1n) is 6.01. The van der Waals surface area contributed by atoms with Gasteiger partial charge in [0.25, 0.3) is 0 Å². The zero-order chi connectivity index (χ0) is 16.5. The van der Waals surface area contributed by atoms with E-state index in [1.165, 1.54) is 14.2 Å². The number of aromatic nitrogens is 2. The topological polar surface area (TPSA) is 118 Å². The third-order valence-corrected chi connectivity index (χ3v) is 3.93. The molecule has 0 radical (unpaired) electrons. The van der Waals surface area contributed by atoms with E-state index < -0.39 is 20.5 Å². The number of nitrogens with zero attached hydrogens (tertiary/aromatic N) is 2. The van der Waals surface area contributed by atoms with Gasteiger partial charge in [-0.1, -0.05) is 5.16 Å². The predicted octanol–water partition coefficient (Wildman–Crippen LogP) is 0.755. The highest BCUT2D eigenvalue weighted by molar-refractivity contribution is 7.90. The van der Waals surface area contributed by atoms with Gasteiger partial charge in [0.1, 0.15) is 10.7 Å². The van der Waals surface area contributed by atoms with Crippen molar-refractivity contribution >= 4 is 9.84 Å². The highest BCUT2D eigenvalue weighted by Gasteiger charge is 2.28. The van der Waals surface area contributed by atoms with Crippen molar-refractivity contribution in [1.82, 2.24) is 10.1 Å². The molecule has 0 aliphatic heterocycles. The average molecular weight is 331 g/mol. The van der Waals surface area contributed by atoms with Crippen LogP contribution in [0.1, 0.15) is 5.89 Å². The minimum atomic E-state index is -3.87. The first kappa shape index (κ1) is 16.2. The highest BCUT2D eigenvalue weighted by atomic mass is 32.2. The number of benzene rings is 1. The van der Waals surface area contributed by atoms with Crippen LogP contribution in [0.15, 0.2) is 15.5 Å². The zero-order valence-electron chi connectivity index (χ0n) is 12.1. The monoisotopic (exact) mass is 331 g/mol. The summed E-state index contributed by atoms with van der Waals surface area (Å²) in [5, 5.41) is 3.66. The van der Waals surface area contributed by atoms with Crippen LogP contribution in [0, 0.1) is 5.82 Å². The summed E-state index contributed by atoms with van der Waals surface area (Å²) < 4.78 is 52.8. The van der Waals surface area contributed by atoms with Crippen LogP contribution in [0.25, 0.3) is 11.4 Å². The molecule has 2 N–H and O–H groups in total. The van der Waals surface area contributed by atoms with E-state index in [1.807, 2.05) is 0 Å². The van der Waals surface area contributed by atoms with Crippen LogP contribution in [-0.2, 0) is 16.4 Å². The van der Waals surface area contributed by atoms with E-state index >= 15 is 0 Å². The number of hydrogen-bond donors (Lipinski definition) is 1. The van der Waals surface area contributed by atoms with Crippen LogP contribution in [0.2, 0.25) is 0 Å². The lowest BCUT2D eigenvalue weighted by Gasteiger charge is -2.15. The summed E-state index contributed by atoms with van der Waals surface area (Å²) >= 11 is 0. The van der Waals surface area contributed by atoms with Crippen molar-refractivity contribution in [1.29, 1.82) is 0 Å². The minimum absolute atomic E-state index is 0.00884. The fraction of sp³-hybridized carbons (Fsp3) is 0.333. The SMILES string of the molecule is COc1c(-c2noc(CN)n2)cc(F)c(S(C)(=O)=O)c1OC. The molecule has 10 heteroatoms. The van der Waals surface area contributed by atoms with Crippen molar-refractivity contribution < 1.29 is 26.8 Å². The van der Waals surface area contributed by atoms with Crippen molar-refractivity contribution in [2.75, 3.05) is 20.5 Å². The molecule has 0 spiro atoms. The second kappa shape index (κ2) is 5.89. The Labute approximate surface area is 125 Å². The number of rotatable bonds is 5. The molecule has 0 bridgehead atoms. The molecule has 8 nitrogen and oxygen atoms in total. The molecule has 0 aliphatic carbocycles. The number of nitrogens with two attached hydrogens (primary N) is 1. The quantitative estimate of drug-likeness (QED) is 0.853. The second-order valence-electron chi connectivity index (χ2n) is 4.29. The number of ether oxygens (including phenoxy) is 2. The Morgan fingerprint density at radius 1 is 1.32 bits per heavy atom. The van der Waals surface area contributed by atoms with Crippen LogP contribution >= 0.6 is 0 Å². The predicted molar refractivity (Wildman–Crippen MR) is 73.8 cm³/mol. The van der Waals surface area contributed by atoms with E-state index in [2.05, 4.69) is 10.1 Å². The fourth-order valence-electron chi connectivity index (χ4n) is 1.94. The lowest BCUT2D eigenvalue weighted by Crippen LogP contribution is -2.07. The summed E-state index contributed by atoms with van der Waals surface area (Å²) in [6, 6.07) is 0.947. The molecule has 0 aliphatic rings. The van der Waals surface area contributed by atoms with E-state index in [-0.39, 0.29) is 35.3 Å². The molecule has 0 saturated heterocycles. The highest BCUT2D eigenvalue weighted by Crippen LogP contribution is 2.43. The lowest BCUT2D eigenvalue weighted by atomic mass is 10.1. The Bertz CT molecular complexity index is 803. The van der Waals surface area contributed by atoms with Crippen molar-refractivity contribution in [3.8, 4) is 22.9 Å². The summed E-state index contributed by atoms with van der Waals surface area (Å²) in [6.07, 6.45) is 0.869. The van der Waals surface area contributed by atoms with Gasteiger partial charge < -0.3 is 19.7 Å². The summed E-state index contributed by atoms with van der Waals surface area (Å²) in [5.74, 6) is -1.14. The van der Waals surface area contributed by atoms with Crippen molar-refractivity contribution in [3.05, 3.63) is 17.8 Å². The molecular formula is C12H14FN3O5S. The maximum atomic E-state index is 14.3. The molecule has 2 rings (SSSR count). The van der Waals surface area contributed by atoms with Gasteiger partial charge in [0.05, 0.1) is 26.3 Å². The molecule has 1 aromatic carbocycles. The minimum Gasteiger partial charge on any atom is -0.492 e. The van der Waals surface area contributed by atoms with Crippen LogP contribution in [0.3, 0.4) is 0 Å². The number of sulfone groups is 1. The van der Waals surface area contributed by atoms with Gasteiger partial charge >= 0.3 is 0 Å². The van der Waals surface area contributed by atoms with Crippen LogP contribution in [-0.4, -0.2) is 39.0 Å². The Balaban J connectivity index is 2.79. The first-order chi connectivity index (χ1) is 10.3. The van der Waals surface area contributed by atoms with Gasteiger partial charge in [-0.15, -0.1) is 0 Å². The van der Waals surface area contributed by atoms with Crippen LogP contribution < -0.4 is 15.2 Å². The Kier molecular flexibility index (Phi) is 4.33. The molecule has 120 valence electrons. The third kappa shape index (κ3) is 2.74. The molecular weight excluding hydrogens is 317 g/mol. The Hall–Kier alpha value is -2.20. The summed E-state index contributed by atoms with van der Waals surface area (Å²) in [5.41, 5.74) is 5.46. The maximum absolute atomic E-state index is 14.3. The number of halogens is 1. The molecule has 22 heavy (non-hydrogen) atoms. The van der Waals surface area contributed by atoms with Crippen molar-refractivity contribution in [2.45, 2.75) is 11.4 Å². The van der Waals surface area contributed by atoms with Gasteiger partial charge in [0.2, 0.25) is 11.7 Å². The Morgan fingerprint density at radius 3 is 2.41 bits per heavy atom. The van der Waals surface area contributed by atoms with Gasteiger partial charge in [0.15, 0.2) is 21.3 Å². The van der Waals surface area contributed by atoms with Crippen LogP contribution in [0.5, 0.6) is 11.5 Å². The third-order valence-electron chi connectivity index (χ3n) is 2.81. The van der Waals surface area contributed by atoms with Gasteiger partial charge in [0, 0.05) is 6.26 Å². The van der Waals surface area contributed by atoms with Gasteiger partial charge in [-0.2, -0.15) is 4.98 Å². The fourth-order valence-corrected chi connectivity index (χ4v) is 2.86. The molecule has 0 unspecified atom stereocenters. The smallest absolute Gasteiger partial charge is 0.240 e. The van der Waals surface area contributed by atoms with Gasteiger partial charge in [-0.05, 0) is 6.07 Å². The summed E-state index contributed by atoms with van der Waals surface area (Å²) in [4.78, 5) is 3.36. The maximum Gasteiger partial charge on any atom is 0.240 e.